The number of rotatable bonds is 4. The molecule has 2 aliphatic rings. The summed E-state index contributed by atoms with van der Waals surface area (Å²) in [5, 5.41) is 13.2. The van der Waals surface area contributed by atoms with Gasteiger partial charge in [-0.15, -0.1) is 0 Å². The van der Waals surface area contributed by atoms with Crippen LogP contribution in [0, 0.1) is 11.8 Å². The molecule has 3 heterocycles. The lowest BCUT2D eigenvalue weighted by molar-refractivity contribution is -0.134. The van der Waals surface area contributed by atoms with Crippen molar-refractivity contribution in [1.82, 2.24) is 9.47 Å². The van der Waals surface area contributed by atoms with E-state index < -0.39 is 23.9 Å². The molecule has 2 amide bonds. The number of carbonyl (C=O) groups excluding carboxylic acids is 2. The van der Waals surface area contributed by atoms with E-state index in [0.29, 0.717) is 16.9 Å². The molecule has 0 spiro atoms. The molecule has 7 nitrogen and oxygen atoms in total. The molecule has 0 unspecified atom stereocenters. The molecule has 2 N–H and O–H groups in total. The Morgan fingerprint density at radius 2 is 1.67 bits per heavy atom. The van der Waals surface area contributed by atoms with Gasteiger partial charge in [0, 0.05) is 42.9 Å². The zero-order chi connectivity index (χ0) is 23.1. The Labute approximate surface area is 191 Å². The summed E-state index contributed by atoms with van der Waals surface area (Å²) in [5.74, 6) is -1.61. The fourth-order valence-electron chi connectivity index (χ4n) is 5.42. The van der Waals surface area contributed by atoms with E-state index in [-0.39, 0.29) is 30.5 Å². The number of aliphatic hydroxyl groups is 1. The van der Waals surface area contributed by atoms with E-state index in [4.69, 9.17) is 0 Å². The first-order valence-corrected chi connectivity index (χ1v) is 11.1. The minimum atomic E-state index is -0.681. The minimum Gasteiger partial charge on any atom is -0.396 e. The predicted molar refractivity (Wildman–Crippen MR) is 124 cm³/mol. The molecule has 1 fully saturated rings. The van der Waals surface area contributed by atoms with Crippen LogP contribution in [0.25, 0.3) is 11.1 Å². The Morgan fingerprint density at radius 1 is 1.00 bits per heavy atom. The lowest BCUT2D eigenvalue weighted by Gasteiger charge is -2.37. The first kappa shape index (κ1) is 21.2. The van der Waals surface area contributed by atoms with Gasteiger partial charge in [-0.25, -0.2) is 0 Å². The molecule has 0 radical (unpaired) electrons. The highest BCUT2D eigenvalue weighted by Crippen LogP contribution is 2.48. The minimum absolute atomic E-state index is 0.155. The van der Waals surface area contributed by atoms with E-state index in [9.17, 15) is 19.5 Å². The van der Waals surface area contributed by atoms with Crippen LogP contribution < -0.4 is 10.9 Å². The van der Waals surface area contributed by atoms with E-state index in [2.05, 4.69) is 5.32 Å². The molecule has 0 saturated carbocycles. The van der Waals surface area contributed by atoms with E-state index in [1.165, 1.54) is 6.92 Å². The number of nitrogens with one attached hydrogen (secondary N) is 1. The number of pyridine rings is 1. The molecule has 168 valence electrons. The number of nitrogens with zero attached hydrogens (tertiary/aromatic N) is 2. The summed E-state index contributed by atoms with van der Waals surface area (Å²) < 4.78 is 1.68. The highest BCUT2D eigenvalue weighted by Gasteiger charge is 2.56. The number of para-hydroxylation sites is 1. The first-order valence-electron chi connectivity index (χ1n) is 11.1. The van der Waals surface area contributed by atoms with Crippen LogP contribution in [0.15, 0.2) is 77.6 Å². The van der Waals surface area contributed by atoms with Crippen molar-refractivity contribution in [2.24, 2.45) is 11.8 Å². The summed E-state index contributed by atoms with van der Waals surface area (Å²) in [5.41, 5.74) is 2.50. The highest BCUT2D eigenvalue weighted by molar-refractivity contribution is 5.94. The number of benzene rings is 2. The molecule has 1 aromatic heterocycles. The molecule has 0 aliphatic carbocycles. The Kier molecular flexibility index (Phi) is 5.34. The Bertz CT molecular complexity index is 1260. The van der Waals surface area contributed by atoms with Gasteiger partial charge in [-0.3, -0.25) is 14.4 Å². The van der Waals surface area contributed by atoms with Crippen molar-refractivity contribution in [3.05, 3.63) is 88.8 Å². The maximum atomic E-state index is 13.5. The molecular weight excluding hydrogens is 418 g/mol. The normalized spacial score (nSPS) is 23.2. The fourth-order valence-corrected chi connectivity index (χ4v) is 5.42. The molecule has 2 bridgehead atoms. The number of aromatic nitrogens is 1. The standard InChI is InChI=1S/C26H25N3O4/c1-16(31)29-22-14-28-21(13-12-19(26(28)33)17-8-4-2-5-9-17)24(29)23(20(22)15-30)25(32)27-18-10-6-3-7-11-18/h2-13,20,22-24,30H,14-15H2,1H3,(H,27,32)/t20-,22-,23+,24+/m0/s1. The van der Waals surface area contributed by atoms with Crippen LogP contribution in [0.1, 0.15) is 18.7 Å². The molecular formula is C26H25N3O4. The smallest absolute Gasteiger partial charge is 0.258 e. The largest absolute Gasteiger partial charge is 0.396 e. The Morgan fingerprint density at radius 3 is 2.30 bits per heavy atom. The number of hydrogen-bond donors (Lipinski definition) is 2. The molecule has 33 heavy (non-hydrogen) atoms. The van der Waals surface area contributed by atoms with Crippen molar-refractivity contribution in [2.75, 3.05) is 11.9 Å². The average Bonchev–Trinajstić information content (AvgIpc) is 3.08. The summed E-state index contributed by atoms with van der Waals surface area (Å²) in [7, 11) is 0. The van der Waals surface area contributed by atoms with Gasteiger partial charge in [0.25, 0.3) is 5.56 Å². The maximum absolute atomic E-state index is 13.5. The topological polar surface area (TPSA) is 91.6 Å². The van der Waals surface area contributed by atoms with Crippen LogP contribution in [0.2, 0.25) is 0 Å². The van der Waals surface area contributed by atoms with E-state index in [1.807, 2.05) is 54.6 Å². The van der Waals surface area contributed by atoms with Gasteiger partial charge in [-0.2, -0.15) is 0 Å². The number of carbonyl (C=O) groups is 2. The van der Waals surface area contributed by atoms with E-state index >= 15 is 0 Å². The highest BCUT2D eigenvalue weighted by atomic mass is 16.3. The van der Waals surface area contributed by atoms with Gasteiger partial charge < -0.3 is 19.9 Å². The molecule has 4 atom stereocenters. The van der Waals surface area contributed by atoms with Gasteiger partial charge in [0.15, 0.2) is 0 Å². The van der Waals surface area contributed by atoms with Crippen molar-refractivity contribution in [2.45, 2.75) is 25.6 Å². The second kappa shape index (κ2) is 8.33. The van der Waals surface area contributed by atoms with Crippen LogP contribution in [0.3, 0.4) is 0 Å². The summed E-state index contributed by atoms with van der Waals surface area (Å²) >= 11 is 0. The van der Waals surface area contributed by atoms with Crippen molar-refractivity contribution < 1.29 is 14.7 Å². The van der Waals surface area contributed by atoms with Crippen LogP contribution >= 0.6 is 0 Å². The summed E-state index contributed by atoms with van der Waals surface area (Å²) in [6, 6.07) is 21.1. The number of anilines is 1. The lowest BCUT2D eigenvalue weighted by atomic mass is 9.86. The molecule has 2 aromatic carbocycles. The molecule has 1 saturated heterocycles. The molecule has 5 rings (SSSR count). The SMILES string of the molecule is CC(=O)N1[C@@H]2c3ccc(-c4ccccc4)c(=O)n3C[C@H]1[C@H](CO)[C@H]2C(=O)Nc1ccccc1. The van der Waals surface area contributed by atoms with Crippen molar-refractivity contribution >= 4 is 17.5 Å². The van der Waals surface area contributed by atoms with Gasteiger partial charge in [0.05, 0.1) is 18.0 Å². The first-order chi connectivity index (χ1) is 16.0. The Hall–Kier alpha value is -3.71. The van der Waals surface area contributed by atoms with Crippen molar-refractivity contribution in [1.29, 1.82) is 0 Å². The van der Waals surface area contributed by atoms with Gasteiger partial charge in [0.1, 0.15) is 0 Å². The monoisotopic (exact) mass is 443 g/mol. The van der Waals surface area contributed by atoms with E-state index in [0.717, 1.165) is 5.56 Å². The molecule has 7 heteroatoms. The summed E-state index contributed by atoms with van der Waals surface area (Å²) in [6.07, 6.45) is 0. The van der Waals surface area contributed by atoms with Crippen molar-refractivity contribution in [3.63, 3.8) is 0 Å². The third kappa shape index (κ3) is 3.45. The number of amides is 2. The predicted octanol–water partition coefficient (Wildman–Crippen LogP) is 2.66. The Balaban J connectivity index is 1.61. The third-order valence-electron chi connectivity index (χ3n) is 6.84. The fraction of sp³-hybridized carbons (Fsp3) is 0.269. The van der Waals surface area contributed by atoms with Gasteiger partial charge in [0.2, 0.25) is 11.8 Å². The third-order valence-corrected chi connectivity index (χ3v) is 6.84. The zero-order valence-corrected chi connectivity index (χ0v) is 18.2. The zero-order valence-electron chi connectivity index (χ0n) is 18.2. The summed E-state index contributed by atoms with van der Waals surface area (Å²) in [4.78, 5) is 41.2. The second-order valence-corrected chi connectivity index (χ2v) is 8.62. The molecule has 3 aromatic rings. The van der Waals surface area contributed by atoms with Crippen molar-refractivity contribution in [3.8, 4) is 11.1 Å². The number of aliphatic hydroxyl groups excluding tert-OH is 1. The van der Waals surface area contributed by atoms with Gasteiger partial charge >= 0.3 is 0 Å². The number of hydrogen-bond acceptors (Lipinski definition) is 4. The summed E-state index contributed by atoms with van der Waals surface area (Å²) in [6.45, 7) is 1.45. The maximum Gasteiger partial charge on any atom is 0.258 e. The second-order valence-electron chi connectivity index (χ2n) is 8.62. The van der Waals surface area contributed by atoms with Gasteiger partial charge in [-0.1, -0.05) is 48.5 Å². The van der Waals surface area contributed by atoms with Crippen LogP contribution in [-0.2, 0) is 16.1 Å². The van der Waals surface area contributed by atoms with E-state index in [1.54, 1.807) is 27.7 Å². The van der Waals surface area contributed by atoms with Crippen LogP contribution in [0.5, 0.6) is 0 Å². The van der Waals surface area contributed by atoms with Crippen LogP contribution in [-0.4, -0.2) is 39.0 Å². The lowest BCUT2D eigenvalue weighted by Crippen LogP contribution is -2.48. The van der Waals surface area contributed by atoms with Crippen LogP contribution in [0.4, 0.5) is 5.69 Å². The number of fused-ring (bicyclic) bond motifs is 4. The molecule has 2 aliphatic heterocycles. The average molecular weight is 444 g/mol. The quantitative estimate of drug-likeness (QED) is 0.649. The van der Waals surface area contributed by atoms with Gasteiger partial charge in [-0.05, 0) is 29.8 Å².